The van der Waals surface area contributed by atoms with E-state index in [9.17, 15) is 0 Å². The first-order chi connectivity index (χ1) is 8.17. The fraction of sp³-hybridized carbons (Fsp3) is 0.846. The lowest BCUT2D eigenvalue weighted by Crippen LogP contribution is -2.39. The van der Waals surface area contributed by atoms with Crippen LogP contribution in [0.3, 0.4) is 0 Å². The molecule has 1 aliphatic carbocycles. The summed E-state index contributed by atoms with van der Waals surface area (Å²) in [5.41, 5.74) is 0.572. The number of aromatic nitrogens is 3. The normalized spacial score (nSPS) is 18.4. The number of nitrogens with zero attached hydrogens (tertiary/aromatic N) is 3. The molecule has 0 atom stereocenters. The molecule has 0 radical (unpaired) electrons. The fourth-order valence-corrected chi connectivity index (χ4v) is 2.60. The van der Waals surface area contributed by atoms with E-state index in [1.165, 1.54) is 25.7 Å². The van der Waals surface area contributed by atoms with Crippen LogP contribution in [0.15, 0.2) is 6.33 Å². The van der Waals surface area contributed by atoms with Gasteiger partial charge in [-0.25, -0.2) is 9.67 Å². The Morgan fingerprint density at radius 1 is 1.47 bits per heavy atom. The maximum Gasteiger partial charge on any atom is 0.141 e. The minimum absolute atomic E-state index is 0.387. The molecule has 1 aromatic rings. The van der Waals surface area contributed by atoms with Gasteiger partial charge in [-0.3, -0.25) is 0 Å². The molecular formula is C13H24N4. The van der Waals surface area contributed by atoms with Crippen molar-refractivity contribution in [2.75, 3.05) is 6.54 Å². The van der Waals surface area contributed by atoms with Crippen LogP contribution in [0.1, 0.15) is 58.3 Å². The summed E-state index contributed by atoms with van der Waals surface area (Å²) in [6.45, 7) is 8.53. The minimum Gasteiger partial charge on any atom is -0.309 e. The molecule has 17 heavy (non-hydrogen) atoms. The molecular weight excluding hydrogens is 212 g/mol. The van der Waals surface area contributed by atoms with Crippen LogP contribution in [0.5, 0.6) is 0 Å². The van der Waals surface area contributed by atoms with E-state index in [1.54, 1.807) is 6.33 Å². The van der Waals surface area contributed by atoms with Gasteiger partial charge in [0.1, 0.15) is 12.2 Å². The maximum absolute atomic E-state index is 4.32. The van der Waals surface area contributed by atoms with Crippen molar-refractivity contribution in [1.82, 2.24) is 20.1 Å². The smallest absolute Gasteiger partial charge is 0.141 e. The highest BCUT2D eigenvalue weighted by atomic mass is 15.4. The van der Waals surface area contributed by atoms with Crippen LogP contribution in [0.4, 0.5) is 0 Å². The first-order valence-corrected chi connectivity index (χ1v) is 6.76. The number of nitrogens with one attached hydrogen (secondary N) is 1. The Kier molecular flexibility index (Phi) is 3.82. The molecule has 0 saturated heterocycles. The Bertz CT molecular complexity index is 347. The van der Waals surface area contributed by atoms with E-state index in [-0.39, 0.29) is 0 Å². The van der Waals surface area contributed by atoms with Gasteiger partial charge in [-0.1, -0.05) is 13.3 Å². The zero-order chi connectivity index (χ0) is 12.3. The lowest BCUT2D eigenvalue weighted by Gasteiger charge is -2.41. The van der Waals surface area contributed by atoms with Crippen molar-refractivity contribution in [2.45, 2.75) is 59.0 Å². The van der Waals surface area contributed by atoms with Gasteiger partial charge in [0.25, 0.3) is 0 Å². The van der Waals surface area contributed by atoms with E-state index in [4.69, 9.17) is 0 Å². The Morgan fingerprint density at radius 3 is 2.76 bits per heavy atom. The molecule has 1 fully saturated rings. The van der Waals surface area contributed by atoms with Crippen LogP contribution in [0.25, 0.3) is 0 Å². The SMILES string of the molecule is CCC1(CNCc2ncnn2C(C)C)CCC1. The summed E-state index contributed by atoms with van der Waals surface area (Å²) in [6.07, 6.45) is 7.10. The highest BCUT2D eigenvalue weighted by Crippen LogP contribution is 2.43. The van der Waals surface area contributed by atoms with Crippen molar-refractivity contribution in [1.29, 1.82) is 0 Å². The van der Waals surface area contributed by atoms with E-state index < -0.39 is 0 Å². The first kappa shape index (κ1) is 12.6. The summed E-state index contributed by atoms with van der Waals surface area (Å²) in [5, 5.41) is 7.80. The summed E-state index contributed by atoms with van der Waals surface area (Å²) in [4.78, 5) is 4.32. The lowest BCUT2D eigenvalue weighted by atomic mass is 9.67. The van der Waals surface area contributed by atoms with Crippen molar-refractivity contribution < 1.29 is 0 Å². The molecule has 0 aliphatic heterocycles. The second-order valence-electron chi connectivity index (χ2n) is 5.53. The first-order valence-electron chi connectivity index (χ1n) is 6.76. The summed E-state index contributed by atoms with van der Waals surface area (Å²) < 4.78 is 1.99. The Morgan fingerprint density at radius 2 is 2.24 bits per heavy atom. The fourth-order valence-electron chi connectivity index (χ4n) is 2.60. The molecule has 4 heteroatoms. The molecule has 1 heterocycles. The lowest BCUT2D eigenvalue weighted by molar-refractivity contribution is 0.123. The van der Waals surface area contributed by atoms with E-state index in [2.05, 4.69) is 36.2 Å². The average molecular weight is 236 g/mol. The molecule has 0 aromatic carbocycles. The van der Waals surface area contributed by atoms with Gasteiger partial charge in [-0.2, -0.15) is 5.10 Å². The molecule has 1 N–H and O–H groups in total. The average Bonchev–Trinajstić information content (AvgIpc) is 2.70. The molecule has 0 unspecified atom stereocenters. The van der Waals surface area contributed by atoms with E-state index in [0.29, 0.717) is 11.5 Å². The highest BCUT2D eigenvalue weighted by molar-refractivity contribution is 4.91. The van der Waals surface area contributed by atoms with Gasteiger partial charge in [0.2, 0.25) is 0 Å². The van der Waals surface area contributed by atoms with Gasteiger partial charge in [0.15, 0.2) is 0 Å². The summed E-state index contributed by atoms with van der Waals surface area (Å²) in [6, 6.07) is 0.387. The van der Waals surface area contributed by atoms with Crippen molar-refractivity contribution in [2.24, 2.45) is 5.41 Å². The van der Waals surface area contributed by atoms with Gasteiger partial charge in [0.05, 0.1) is 6.54 Å². The van der Waals surface area contributed by atoms with Crippen LogP contribution >= 0.6 is 0 Å². The summed E-state index contributed by atoms with van der Waals surface area (Å²) in [7, 11) is 0. The predicted molar refractivity (Wildman–Crippen MR) is 68.7 cm³/mol. The van der Waals surface area contributed by atoms with Crippen LogP contribution in [0, 0.1) is 5.41 Å². The molecule has 96 valence electrons. The molecule has 4 nitrogen and oxygen atoms in total. The maximum atomic E-state index is 4.32. The topological polar surface area (TPSA) is 42.7 Å². The second-order valence-corrected chi connectivity index (χ2v) is 5.53. The van der Waals surface area contributed by atoms with Crippen LogP contribution in [0.2, 0.25) is 0 Å². The third-order valence-corrected chi connectivity index (χ3v) is 4.08. The Labute approximate surface area is 104 Å². The molecule has 1 saturated carbocycles. The molecule has 0 amide bonds. The van der Waals surface area contributed by atoms with E-state index >= 15 is 0 Å². The van der Waals surface area contributed by atoms with Gasteiger partial charge < -0.3 is 5.32 Å². The quantitative estimate of drug-likeness (QED) is 0.825. The summed E-state index contributed by atoms with van der Waals surface area (Å²) >= 11 is 0. The van der Waals surface area contributed by atoms with Crippen LogP contribution in [-0.2, 0) is 6.54 Å². The molecule has 1 aliphatic rings. The number of rotatable bonds is 6. The monoisotopic (exact) mass is 236 g/mol. The van der Waals surface area contributed by atoms with Gasteiger partial charge in [-0.05, 0) is 38.5 Å². The van der Waals surface area contributed by atoms with Crippen LogP contribution < -0.4 is 5.32 Å². The Balaban J connectivity index is 1.83. The Hall–Kier alpha value is -0.900. The van der Waals surface area contributed by atoms with Crippen molar-refractivity contribution >= 4 is 0 Å². The molecule has 1 aromatic heterocycles. The largest absolute Gasteiger partial charge is 0.309 e. The third-order valence-electron chi connectivity index (χ3n) is 4.08. The third kappa shape index (κ3) is 2.68. The van der Waals surface area contributed by atoms with Crippen molar-refractivity contribution in [3.8, 4) is 0 Å². The molecule has 0 spiro atoms. The van der Waals surface area contributed by atoms with E-state index in [0.717, 1.165) is 18.9 Å². The van der Waals surface area contributed by atoms with Crippen LogP contribution in [-0.4, -0.2) is 21.3 Å². The zero-order valence-electron chi connectivity index (χ0n) is 11.2. The van der Waals surface area contributed by atoms with Gasteiger partial charge in [0, 0.05) is 12.6 Å². The number of hydrogen-bond acceptors (Lipinski definition) is 3. The molecule has 2 rings (SSSR count). The second kappa shape index (κ2) is 5.17. The van der Waals surface area contributed by atoms with Crippen molar-refractivity contribution in [3.63, 3.8) is 0 Å². The predicted octanol–water partition coefficient (Wildman–Crippen LogP) is 2.53. The zero-order valence-corrected chi connectivity index (χ0v) is 11.2. The summed E-state index contributed by atoms with van der Waals surface area (Å²) in [5.74, 6) is 1.05. The van der Waals surface area contributed by atoms with Gasteiger partial charge in [-0.15, -0.1) is 0 Å². The standard InChI is InChI=1S/C13H24N4/c1-4-13(6-5-7-13)9-14-8-12-15-10-16-17(12)11(2)3/h10-11,14H,4-9H2,1-3H3. The number of hydrogen-bond donors (Lipinski definition) is 1. The van der Waals surface area contributed by atoms with Crippen molar-refractivity contribution in [3.05, 3.63) is 12.2 Å². The van der Waals surface area contributed by atoms with E-state index in [1.807, 2.05) is 4.68 Å². The van der Waals surface area contributed by atoms with Gasteiger partial charge >= 0.3 is 0 Å². The molecule has 0 bridgehead atoms. The minimum atomic E-state index is 0.387. The highest BCUT2D eigenvalue weighted by Gasteiger charge is 2.34.